The summed E-state index contributed by atoms with van der Waals surface area (Å²) in [6, 6.07) is 5.89. The van der Waals surface area contributed by atoms with E-state index < -0.39 is 9.04 Å². The van der Waals surface area contributed by atoms with Gasteiger partial charge in [0.15, 0.2) is 9.04 Å². The van der Waals surface area contributed by atoms with Gasteiger partial charge in [0.25, 0.3) is 5.91 Å². The van der Waals surface area contributed by atoms with Crippen molar-refractivity contribution in [3.05, 3.63) is 34.9 Å². The zero-order valence-electron chi connectivity index (χ0n) is 13.8. The van der Waals surface area contributed by atoms with Gasteiger partial charge < -0.3 is 4.43 Å². The van der Waals surface area contributed by atoms with Gasteiger partial charge in [0.05, 0.1) is 13.7 Å². The number of amides is 1. The van der Waals surface area contributed by atoms with Gasteiger partial charge in [0.2, 0.25) is 0 Å². The summed E-state index contributed by atoms with van der Waals surface area (Å²) in [5, 5.41) is 1.26. The molecule has 0 saturated carbocycles. The topological polar surface area (TPSA) is 38.8 Å². The van der Waals surface area contributed by atoms with E-state index in [0.29, 0.717) is 12.2 Å². The SMILES string of the molecule is CCCCc1cccc(C(=O)N(C)OC)c1CO[SiH](C)C. The van der Waals surface area contributed by atoms with Crippen LogP contribution in [0.25, 0.3) is 0 Å². The average molecular weight is 309 g/mol. The smallest absolute Gasteiger partial charge is 0.277 e. The van der Waals surface area contributed by atoms with Crippen molar-refractivity contribution in [2.45, 2.75) is 45.9 Å². The van der Waals surface area contributed by atoms with Gasteiger partial charge in [0, 0.05) is 12.6 Å². The fraction of sp³-hybridized carbons (Fsp3) is 0.562. The summed E-state index contributed by atoms with van der Waals surface area (Å²) in [5.41, 5.74) is 2.91. The molecule has 0 aliphatic heterocycles. The Balaban J connectivity index is 3.11. The minimum atomic E-state index is -1.13. The maximum absolute atomic E-state index is 12.4. The normalized spacial score (nSPS) is 11.0. The fourth-order valence-corrected chi connectivity index (χ4v) is 2.61. The van der Waals surface area contributed by atoms with Gasteiger partial charge in [-0.05, 0) is 43.1 Å². The van der Waals surface area contributed by atoms with Crippen molar-refractivity contribution in [2.75, 3.05) is 14.2 Å². The van der Waals surface area contributed by atoms with Gasteiger partial charge in [-0.25, -0.2) is 5.06 Å². The molecule has 5 heteroatoms. The number of benzene rings is 1. The molecule has 0 atom stereocenters. The predicted molar refractivity (Wildman–Crippen MR) is 87.8 cm³/mol. The molecule has 0 fully saturated rings. The maximum Gasteiger partial charge on any atom is 0.277 e. The molecule has 1 aromatic rings. The van der Waals surface area contributed by atoms with E-state index in [4.69, 9.17) is 9.26 Å². The zero-order valence-corrected chi connectivity index (χ0v) is 15.0. The third-order valence-electron chi connectivity index (χ3n) is 3.42. The average Bonchev–Trinajstić information content (AvgIpc) is 2.49. The van der Waals surface area contributed by atoms with E-state index in [2.05, 4.69) is 26.1 Å². The second-order valence-corrected chi connectivity index (χ2v) is 7.82. The van der Waals surface area contributed by atoms with Crippen molar-refractivity contribution in [1.29, 1.82) is 0 Å². The molecule has 4 nitrogen and oxygen atoms in total. The highest BCUT2D eigenvalue weighted by Gasteiger charge is 2.18. The van der Waals surface area contributed by atoms with Gasteiger partial charge in [-0.1, -0.05) is 25.5 Å². The number of hydroxylamine groups is 2. The molecule has 1 aromatic carbocycles. The zero-order chi connectivity index (χ0) is 15.8. The Morgan fingerprint density at radius 1 is 1.33 bits per heavy atom. The molecular formula is C16H27NO3Si. The van der Waals surface area contributed by atoms with Crippen LogP contribution in [0.5, 0.6) is 0 Å². The molecule has 118 valence electrons. The lowest BCUT2D eigenvalue weighted by Crippen LogP contribution is -2.27. The first-order chi connectivity index (χ1) is 10.0. The Hall–Kier alpha value is -1.17. The minimum absolute atomic E-state index is 0.125. The molecule has 0 spiro atoms. The van der Waals surface area contributed by atoms with Crippen molar-refractivity contribution in [3.8, 4) is 0 Å². The largest absolute Gasteiger partial charge is 0.416 e. The van der Waals surface area contributed by atoms with Gasteiger partial charge in [-0.15, -0.1) is 0 Å². The Labute approximate surface area is 129 Å². The van der Waals surface area contributed by atoms with Crippen LogP contribution in [0.3, 0.4) is 0 Å². The highest BCUT2D eigenvalue weighted by Crippen LogP contribution is 2.20. The summed E-state index contributed by atoms with van der Waals surface area (Å²) >= 11 is 0. The number of rotatable bonds is 8. The maximum atomic E-state index is 12.4. The molecule has 0 unspecified atom stereocenters. The molecule has 1 amide bonds. The minimum Gasteiger partial charge on any atom is -0.416 e. The van der Waals surface area contributed by atoms with Crippen LogP contribution in [0.2, 0.25) is 13.1 Å². The number of nitrogens with zero attached hydrogens (tertiary/aromatic N) is 1. The van der Waals surface area contributed by atoms with Crippen LogP contribution < -0.4 is 0 Å². The summed E-state index contributed by atoms with van der Waals surface area (Å²) < 4.78 is 5.88. The van der Waals surface area contributed by atoms with Gasteiger partial charge >= 0.3 is 0 Å². The first kappa shape index (κ1) is 17.9. The molecule has 1 rings (SSSR count). The molecule has 0 saturated heterocycles. The van der Waals surface area contributed by atoms with Crippen LogP contribution in [0, 0.1) is 0 Å². The highest BCUT2D eigenvalue weighted by molar-refractivity contribution is 6.48. The Morgan fingerprint density at radius 3 is 2.62 bits per heavy atom. The van der Waals surface area contributed by atoms with E-state index in [9.17, 15) is 4.79 Å². The highest BCUT2D eigenvalue weighted by atomic mass is 28.3. The van der Waals surface area contributed by atoms with E-state index in [1.807, 2.05) is 12.1 Å². The first-order valence-electron chi connectivity index (χ1n) is 7.55. The van der Waals surface area contributed by atoms with Crippen LogP contribution in [0.1, 0.15) is 41.3 Å². The van der Waals surface area contributed by atoms with Gasteiger partial charge in [-0.3, -0.25) is 9.63 Å². The number of hydrogen-bond acceptors (Lipinski definition) is 3. The number of carbonyl (C=O) groups is 1. The summed E-state index contributed by atoms with van der Waals surface area (Å²) in [4.78, 5) is 17.4. The van der Waals surface area contributed by atoms with Crippen LogP contribution in [0.15, 0.2) is 18.2 Å². The molecule has 0 aliphatic rings. The molecule has 21 heavy (non-hydrogen) atoms. The van der Waals surface area contributed by atoms with Crippen molar-refractivity contribution >= 4 is 14.9 Å². The Morgan fingerprint density at radius 2 is 2.05 bits per heavy atom. The first-order valence-corrected chi connectivity index (χ1v) is 10.3. The van der Waals surface area contributed by atoms with E-state index >= 15 is 0 Å². The number of unbranched alkanes of at least 4 members (excludes halogenated alkanes) is 1. The number of carbonyl (C=O) groups excluding carboxylic acids is 1. The van der Waals surface area contributed by atoms with Crippen LogP contribution >= 0.6 is 0 Å². The lowest BCUT2D eigenvalue weighted by Gasteiger charge is -2.19. The van der Waals surface area contributed by atoms with Crippen LogP contribution in [-0.4, -0.2) is 34.2 Å². The monoisotopic (exact) mass is 309 g/mol. The number of aryl methyl sites for hydroxylation is 1. The molecule has 0 bridgehead atoms. The van der Waals surface area contributed by atoms with Crippen molar-refractivity contribution in [3.63, 3.8) is 0 Å². The van der Waals surface area contributed by atoms with Crippen LogP contribution in [-0.2, 0) is 22.3 Å². The molecule has 0 heterocycles. The van der Waals surface area contributed by atoms with Gasteiger partial charge in [-0.2, -0.15) is 0 Å². The predicted octanol–water partition coefficient (Wildman–Crippen LogP) is 3.16. The molecular weight excluding hydrogens is 282 g/mol. The van der Waals surface area contributed by atoms with Crippen molar-refractivity contribution in [1.82, 2.24) is 5.06 Å². The van der Waals surface area contributed by atoms with Crippen molar-refractivity contribution in [2.24, 2.45) is 0 Å². The summed E-state index contributed by atoms with van der Waals surface area (Å²) in [7, 11) is 2.00. The van der Waals surface area contributed by atoms with E-state index in [-0.39, 0.29) is 5.91 Å². The van der Waals surface area contributed by atoms with E-state index in [1.165, 1.54) is 17.7 Å². The summed E-state index contributed by atoms with van der Waals surface area (Å²) in [5.74, 6) is -0.125. The number of hydrogen-bond donors (Lipinski definition) is 0. The molecule has 0 radical (unpaired) electrons. The Kier molecular flexibility index (Phi) is 7.64. The second-order valence-electron chi connectivity index (χ2n) is 5.39. The lowest BCUT2D eigenvalue weighted by molar-refractivity contribution is -0.0758. The fourth-order valence-electron chi connectivity index (χ4n) is 2.11. The quantitative estimate of drug-likeness (QED) is 0.547. The van der Waals surface area contributed by atoms with Gasteiger partial charge in [0.1, 0.15) is 0 Å². The molecule has 0 aliphatic carbocycles. The third-order valence-corrected chi connectivity index (χ3v) is 4.26. The third kappa shape index (κ3) is 5.26. The second kappa shape index (κ2) is 8.97. The molecule has 0 N–H and O–H groups in total. The van der Waals surface area contributed by atoms with E-state index in [0.717, 1.165) is 24.8 Å². The van der Waals surface area contributed by atoms with E-state index in [1.54, 1.807) is 7.05 Å². The summed E-state index contributed by atoms with van der Waals surface area (Å²) in [6.45, 7) is 6.96. The lowest BCUT2D eigenvalue weighted by atomic mass is 9.97. The van der Waals surface area contributed by atoms with Crippen molar-refractivity contribution < 1.29 is 14.1 Å². The van der Waals surface area contributed by atoms with Crippen LogP contribution in [0.4, 0.5) is 0 Å². The Bertz CT molecular complexity index is 463. The summed E-state index contributed by atoms with van der Waals surface area (Å²) in [6.07, 6.45) is 3.23. The molecule has 0 aromatic heterocycles. The standard InChI is InChI=1S/C16H27NO3Si/c1-6-7-9-13-10-8-11-14(16(18)17(2)19-3)15(13)12-20-21(4)5/h8,10-11,21H,6-7,9,12H2,1-5H3.